The molecule has 2 aromatic heterocycles. The molecule has 4 N–H and O–H groups in total. The van der Waals surface area contributed by atoms with E-state index >= 15 is 0 Å². The summed E-state index contributed by atoms with van der Waals surface area (Å²) in [4.78, 5) is 21.4. The van der Waals surface area contributed by atoms with Crippen LogP contribution < -0.4 is 11.5 Å². The molecule has 0 aliphatic heterocycles. The molecule has 0 saturated heterocycles. The first kappa shape index (κ1) is 24.8. The number of aromatic nitrogens is 2. The largest absolute Gasteiger partial charge is 0.397 e. The topological polar surface area (TPSA) is 104 Å². The number of carbonyl (C=O) groups is 1. The van der Waals surface area contributed by atoms with Gasteiger partial charge in [-0.15, -0.1) is 0 Å². The number of nitrogens with zero attached hydrogens (tertiary/aromatic N) is 2. The summed E-state index contributed by atoms with van der Waals surface area (Å²) in [5.41, 5.74) is 12.1. The minimum Gasteiger partial charge on any atom is -0.397 e. The maximum absolute atomic E-state index is 14.6. The maximum atomic E-state index is 14.6. The number of rotatable bonds is 6. The average Bonchev–Trinajstić information content (AvgIpc) is 2.80. The number of benzene rings is 1. The van der Waals surface area contributed by atoms with Crippen LogP contribution in [0, 0.1) is 23.4 Å². The van der Waals surface area contributed by atoms with E-state index in [0.29, 0.717) is 12.0 Å². The highest BCUT2D eigenvalue weighted by Crippen LogP contribution is 2.38. The third kappa shape index (κ3) is 4.92. The Morgan fingerprint density at radius 1 is 1.14 bits per heavy atom. The molecule has 9 heteroatoms. The molecule has 0 amide bonds. The number of carbonyl (C=O) groups excluding carboxylic acids is 1. The summed E-state index contributed by atoms with van der Waals surface area (Å²) in [6, 6.07) is 5.71. The predicted octanol–water partition coefficient (Wildman–Crippen LogP) is 4.42. The van der Waals surface area contributed by atoms with Gasteiger partial charge < -0.3 is 16.2 Å². The van der Waals surface area contributed by atoms with Crippen molar-refractivity contribution in [1.29, 1.82) is 0 Å². The van der Waals surface area contributed by atoms with Gasteiger partial charge in [0.15, 0.2) is 11.6 Å². The molecule has 1 aliphatic rings. The van der Waals surface area contributed by atoms with E-state index in [1.165, 1.54) is 0 Å². The van der Waals surface area contributed by atoms with Gasteiger partial charge in [0.2, 0.25) is 0 Å². The molecule has 35 heavy (non-hydrogen) atoms. The lowest BCUT2D eigenvalue weighted by atomic mass is 9.73. The summed E-state index contributed by atoms with van der Waals surface area (Å²) >= 11 is 0. The second kappa shape index (κ2) is 10.1. The molecule has 4 rings (SSSR count). The van der Waals surface area contributed by atoms with Crippen molar-refractivity contribution in [3.05, 3.63) is 77.0 Å². The molecule has 1 saturated carbocycles. The highest BCUT2D eigenvalue weighted by atomic mass is 19.1. The summed E-state index contributed by atoms with van der Waals surface area (Å²) in [7, 11) is 1.65. The fourth-order valence-corrected chi connectivity index (χ4v) is 5.09. The Hall–Kier alpha value is -3.30. The quantitative estimate of drug-likeness (QED) is 0.502. The third-order valence-corrected chi connectivity index (χ3v) is 6.67. The molecule has 0 unspecified atom stereocenters. The standard InChI is InChI=1S/C26H27F3N4O2/c1-13-8-14(9-21(31)26(13)35-2)16-6-7-32-12-15(16)10-22(34)25-20(30)11-19(29)24(33-25)23-17(27)4-3-5-18(23)28/h3-7,11-14,21,26H,8-10,30-31H2,1-2H3/t13-,14+,21+,26+/m0/s1. The van der Waals surface area contributed by atoms with E-state index in [-0.39, 0.29) is 41.8 Å². The highest BCUT2D eigenvalue weighted by Gasteiger charge is 2.35. The lowest BCUT2D eigenvalue weighted by Gasteiger charge is -2.38. The number of Topliss-reactive ketones (excluding diaryl/α,β-unsaturated/α-hetero) is 1. The number of halogens is 3. The Morgan fingerprint density at radius 2 is 1.86 bits per heavy atom. The smallest absolute Gasteiger partial charge is 0.187 e. The highest BCUT2D eigenvalue weighted by molar-refractivity contribution is 6.00. The Kier molecular flexibility index (Phi) is 7.18. The molecule has 0 bridgehead atoms. The molecular formula is C26H27F3N4O2. The number of ether oxygens (including phenoxy) is 1. The zero-order chi connectivity index (χ0) is 25.3. The molecule has 6 nitrogen and oxygen atoms in total. The van der Waals surface area contributed by atoms with Gasteiger partial charge >= 0.3 is 0 Å². The van der Waals surface area contributed by atoms with Crippen LogP contribution in [0.5, 0.6) is 0 Å². The van der Waals surface area contributed by atoms with Crippen LogP contribution in [0.1, 0.15) is 47.3 Å². The average molecular weight is 485 g/mol. The van der Waals surface area contributed by atoms with Gasteiger partial charge in [0, 0.05) is 38.0 Å². The normalized spacial score (nSPS) is 22.2. The minimum atomic E-state index is -1.03. The molecule has 0 radical (unpaired) electrons. The number of methoxy groups -OCH3 is 1. The van der Waals surface area contributed by atoms with Crippen LogP contribution in [-0.2, 0) is 11.2 Å². The summed E-state index contributed by atoms with van der Waals surface area (Å²) < 4.78 is 48.7. The number of ketones is 1. The fraction of sp³-hybridized carbons (Fsp3) is 0.346. The summed E-state index contributed by atoms with van der Waals surface area (Å²) in [6.45, 7) is 2.08. The molecular weight excluding hydrogens is 457 g/mol. The first-order valence-electron chi connectivity index (χ1n) is 11.4. The molecule has 0 spiro atoms. The van der Waals surface area contributed by atoms with Gasteiger partial charge in [-0.1, -0.05) is 13.0 Å². The van der Waals surface area contributed by atoms with Crippen LogP contribution in [0.25, 0.3) is 11.3 Å². The van der Waals surface area contributed by atoms with E-state index in [2.05, 4.69) is 16.9 Å². The van der Waals surface area contributed by atoms with Crippen LogP contribution in [0.4, 0.5) is 18.9 Å². The summed E-state index contributed by atoms with van der Waals surface area (Å²) in [6.07, 6.45) is 4.61. The predicted molar refractivity (Wildman–Crippen MR) is 126 cm³/mol. The number of pyridine rings is 2. The van der Waals surface area contributed by atoms with Crippen molar-refractivity contribution in [1.82, 2.24) is 9.97 Å². The number of hydrogen-bond donors (Lipinski definition) is 2. The molecule has 184 valence electrons. The van der Waals surface area contributed by atoms with Crippen LogP contribution in [-0.4, -0.2) is 35.0 Å². The van der Waals surface area contributed by atoms with Gasteiger partial charge in [-0.3, -0.25) is 9.78 Å². The monoisotopic (exact) mass is 484 g/mol. The second-order valence-corrected chi connectivity index (χ2v) is 9.04. The Balaban J connectivity index is 1.66. The van der Waals surface area contributed by atoms with E-state index < -0.39 is 34.5 Å². The molecule has 1 aliphatic carbocycles. The van der Waals surface area contributed by atoms with Gasteiger partial charge in [-0.25, -0.2) is 18.2 Å². The SMILES string of the molecule is CO[C@H]1[C@H](N)C[C@H](c2ccncc2CC(=O)c2nc(-c3c(F)cccc3F)c(F)cc2N)C[C@@H]1C. The summed E-state index contributed by atoms with van der Waals surface area (Å²) in [5, 5.41) is 0. The van der Waals surface area contributed by atoms with Gasteiger partial charge in [-0.2, -0.15) is 0 Å². The molecule has 2 heterocycles. The van der Waals surface area contributed by atoms with Gasteiger partial charge in [0.25, 0.3) is 0 Å². The second-order valence-electron chi connectivity index (χ2n) is 9.04. The Bertz CT molecular complexity index is 1220. The number of nitrogens with two attached hydrogens (primary N) is 2. The van der Waals surface area contributed by atoms with Gasteiger partial charge in [0.1, 0.15) is 23.0 Å². The maximum Gasteiger partial charge on any atom is 0.187 e. The number of hydrogen-bond acceptors (Lipinski definition) is 6. The van der Waals surface area contributed by atoms with Gasteiger partial charge in [0.05, 0.1) is 17.4 Å². The summed E-state index contributed by atoms with van der Waals surface area (Å²) in [5.74, 6) is -3.21. The van der Waals surface area contributed by atoms with E-state index in [1.807, 2.05) is 6.07 Å². The van der Waals surface area contributed by atoms with Crippen molar-refractivity contribution < 1.29 is 22.7 Å². The zero-order valence-corrected chi connectivity index (χ0v) is 19.5. The first-order valence-corrected chi connectivity index (χ1v) is 11.4. The van der Waals surface area contributed by atoms with Crippen molar-refractivity contribution in [3.63, 3.8) is 0 Å². The van der Waals surface area contributed by atoms with Crippen molar-refractivity contribution >= 4 is 11.5 Å². The van der Waals surface area contributed by atoms with E-state index in [0.717, 1.165) is 36.2 Å². The third-order valence-electron chi connectivity index (χ3n) is 6.67. The first-order chi connectivity index (χ1) is 16.7. The van der Waals surface area contributed by atoms with E-state index in [4.69, 9.17) is 16.2 Å². The number of anilines is 1. The van der Waals surface area contributed by atoms with Crippen LogP contribution in [0.3, 0.4) is 0 Å². The van der Waals surface area contributed by atoms with E-state index in [1.54, 1.807) is 19.5 Å². The zero-order valence-electron chi connectivity index (χ0n) is 19.5. The van der Waals surface area contributed by atoms with Crippen molar-refractivity contribution in [3.8, 4) is 11.3 Å². The molecule has 1 fully saturated rings. The van der Waals surface area contributed by atoms with Crippen molar-refractivity contribution in [2.75, 3.05) is 12.8 Å². The van der Waals surface area contributed by atoms with E-state index in [9.17, 15) is 18.0 Å². The minimum absolute atomic E-state index is 0.0430. The fourth-order valence-electron chi connectivity index (χ4n) is 5.09. The van der Waals surface area contributed by atoms with Gasteiger partial charge in [-0.05, 0) is 54.0 Å². The molecule has 4 atom stereocenters. The van der Waals surface area contributed by atoms with Crippen molar-refractivity contribution in [2.45, 2.75) is 44.2 Å². The molecule has 3 aromatic rings. The lowest BCUT2D eigenvalue weighted by molar-refractivity contribution is 0.00970. The van der Waals surface area contributed by atoms with Crippen LogP contribution >= 0.6 is 0 Å². The molecule has 1 aromatic carbocycles. The van der Waals surface area contributed by atoms with Crippen molar-refractivity contribution in [2.24, 2.45) is 11.7 Å². The van der Waals surface area contributed by atoms with Crippen LogP contribution in [0.15, 0.2) is 42.7 Å². The number of nitrogen functional groups attached to an aromatic ring is 1. The van der Waals surface area contributed by atoms with Crippen LogP contribution in [0.2, 0.25) is 0 Å². The Labute approximate surface area is 201 Å². The lowest BCUT2D eigenvalue weighted by Crippen LogP contribution is -2.45. The Morgan fingerprint density at radius 3 is 2.51 bits per heavy atom.